The quantitative estimate of drug-likeness (QED) is 0.626. The largest absolute Gasteiger partial charge is 0.348 e. The molecule has 0 radical (unpaired) electrons. The van der Waals surface area contributed by atoms with Crippen molar-refractivity contribution in [3.8, 4) is 5.69 Å². The third kappa shape index (κ3) is 4.14. The Balaban J connectivity index is 1.46. The van der Waals surface area contributed by atoms with Crippen LogP contribution in [0.5, 0.6) is 0 Å². The van der Waals surface area contributed by atoms with Crippen molar-refractivity contribution in [1.82, 2.24) is 9.88 Å². The van der Waals surface area contributed by atoms with Gasteiger partial charge in [-0.3, -0.25) is 4.79 Å². The van der Waals surface area contributed by atoms with Crippen molar-refractivity contribution in [3.05, 3.63) is 88.2 Å². The smallest absolute Gasteiger partial charge is 0.251 e. The highest BCUT2D eigenvalue weighted by atomic mass is 16.1. The summed E-state index contributed by atoms with van der Waals surface area (Å²) in [6, 6.07) is 18.7. The summed E-state index contributed by atoms with van der Waals surface area (Å²) in [5.74, 6) is 0.734. The van der Waals surface area contributed by atoms with E-state index < -0.39 is 0 Å². The van der Waals surface area contributed by atoms with Crippen LogP contribution in [0.2, 0.25) is 0 Å². The van der Waals surface area contributed by atoms with E-state index in [1.807, 2.05) is 12.1 Å². The van der Waals surface area contributed by atoms with Gasteiger partial charge < -0.3 is 9.88 Å². The van der Waals surface area contributed by atoms with Gasteiger partial charge >= 0.3 is 0 Å². The van der Waals surface area contributed by atoms with Crippen LogP contribution in [0.15, 0.2) is 54.6 Å². The first-order valence-electron chi connectivity index (χ1n) is 10.7. The standard InChI is InChI=1S/C26H30N2O/c1-4-20-6-8-21(9-7-20)17-27-26(29)22-10-12-24(13-11-22)28-19(3)16-23-15-18(2)5-14-25(23)28/h6-13,16,18H,4-5,14-15,17H2,1-3H3,(H,27,29)/t18-/m0/s1. The van der Waals surface area contributed by atoms with Gasteiger partial charge in [-0.05, 0) is 85.5 Å². The molecule has 3 nitrogen and oxygen atoms in total. The molecular weight excluding hydrogens is 356 g/mol. The molecule has 1 amide bonds. The predicted molar refractivity (Wildman–Crippen MR) is 119 cm³/mol. The molecule has 1 heterocycles. The van der Waals surface area contributed by atoms with Gasteiger partial charge in [0.25, 0.3) is 5.91 Å². The number of nitrogens with one attached hydrogen (secondary N) is 1. The molecule has 0 saturated carbocycles. The summed E-state index contributed by atoms with van der Waals surface area (Å²) in [6.07, 6.45) is 4.57. The number of nitrogens with zero attached hydrogens (tertiary/aromatic N) is 1. The molecule has 1 N–H and O–H groups in total. The zero-order valence-corrected chi connectivity index (χ0v) is 17.7. The summed E-state index contributed by atoms with van der Waals surface area (Å²) < 4.78 is 2.36. The molecule has 1 aliphatic rings. The first kappa shape index (κ1) is 19.5. The van der Waals surface area contributed by atoms with Crippen molar-refractivity contribution in [1.29, 1.82) is 0 Å². The van der Waals surface area contributed by atoms with E-state index in [4.69, 9.17) is 0 Å². The van der Waals surface area contributed by atoms with Crippen molar-refractivity contribution in [3.63, 3.8) is 0 Å². The Morgan fingerprint density at radius 3 is 2.45 bits per heavy atom. The fourth-order valence-corrected chi connectivity index (χ4v) is 4.36. The number of rotatable bonds is 5. The number of aromatic nitrogens is 1. The van der Waals surface area contributed by atoms with Crippen molar-refractivity contribution in [2.75, 3.05) is 0 Å². The first-order chi connectivity index (χ1) is 14.0. The van der Waals surface area contributed by atoms with Crippen molar-refractivity contribution in [2.45, 2.75) is 53.0 Å². The molecule has 150 valence electrons. The van der Waals surface area contributed by atoms with Gasteiger partial charge in [-0.1, -0.05) is 38.1 Å². The first-order valence-corrected chi connectivity index (χ1v) is 10.7. The Morgan fingerprint density at radius 1 is 1.07 bits per heavy atom. The maximum atomic E-state index is 12.6. The molecule has 1 atom stereocenters. The van der Waals surface area contributed by atoms with Crippen LogP contribution < -0.4 is 5.32 Å². The summed E-state index contributed by atoms with van der Waals surface area (Å²) in [6.45, 7) is 7.20. The molecule has 2 aromatic carbocycles. The Bertz CT molecular complexity index is 996. The van der Waals surface area contributed by atoms with Gasteiger partial charge in [0, 0.05) is 29.2 Å². The number of carbonyl (C=O) groups is 1. The number of hydrogen-bond donors (Lipinski definition) is 1. The van der Waals surface area contributed by atoms with Crippen molar-refractivity contribution in [2.24, 2.45) is 5.92 Å². The monoisotopic (exact) mass is 386 g/mol. The van der Waals surface area contributed by atoms with E-state index in [1.165, 1.54) is 35.4 Å². The van der Waals surface area contributed by atoms with Gasteiger partial charge in [-0.25, -0.2) is 0 Å². The van der Waals surface area contributed by atoms with Crippen LogP contribution in [0.3, 0.4) is 0 Å². The third-order valence-electron chi connectivity index (χ3n) is 6.09. The summed E-state index contributed by atoms with van der Waals surface area (Å²) in [7, 11) is 0. The number of carbonyl (C=O) groups excluding carboxylic acids is 1. The summed E-state index contributed by atoms with van der Waals surface area (Å²) in [5.41, 5.74) is 8.47. The average Bonchev–Trinajstić information content (AvgIpc) is 3.07. The highest BCUT2D eigenvalue weighted by Crippen LogP contribution is 2.30. The predicted octanol–water partition coefficient (Wildman–Crippen LogP) is 5.40. The zero-order valence-electron chi connectivity index (χ0n) is 17.7. The Labute approximate surface area is 173 Å². The molecule has 1 aliphatic carbocycles. The highest BCUT2D eigenvalue weighted by molar-refractivity contribution is 5.94. The molecule has 0 unspecified atom stereocenters. The van der Waals surface area contributed by atoms with Gasteiger partial charge in [0.1, 0.15) is 0 Å². The van der Waals surface area contributed by atoms with Crippen molar-refractivity contribution >= 4 is 5.91 Å². The van der Waals surface area contributed by atoms with Gasteiger partial charge in [-0.15, -0.1) is 0 Å². The SMILES string of the molecule is CCc1ccc(CNC(=O)c2ccc(-n3c(C)cc4c3CC[C@H](C)C4)cc2)cc1. The van der Waals surface area contributed by atoms with Gasteiger partial charge in [-0.2, -0.15) is 0 Å². The second kappa shape index (κ2) is 8.28. The fraction of sp³-hybridized carbons (Fsp3) is 0.346. The van der Waals surface area contributed by atoms with E-state index >= 15 is 0 Å². The van der Waals surface area contributed by atoms with Gasteiger partial charge in [0.15, 0.2) is 0 Å². The number of aryl methyl sites for hydroxylation is 2. The van der Waals surface area contributed by atoms with Gasteiger partial charge in [0.05, 0.1) is 0 Å². The van der Waals surface area contributed by atoms with Crippen LogP contribution in [0.25, 0.3) is 5.69 Å². The molecule has 0 fully saturated rings. The highest BCUT2D eigenvalue weighted by Gasteiger charge is 2.21. The second-order valence-corrected chi connectivity index (χ2v) is 8.34. The maximum Gasteiger partial charge on any atom is 0.251 e. The molecule has 4 rings (SSSR count). The minimum absolute atomic E-state index is 0.0313. The maximum absolute atomic E-state index is 12.6. The summed E-state index contributed by atoms with van der Waals surface area (Å²) in [4.78, 5) is 12.6. The summed E-state index contributed by atoms with van der Waals surface area (Å²) >= 11 is 0. The zero-order chi connectivity index (χ0) is 20.4. The lowest BCUT2D eigenvalue weighted by Crippen LogP contribution is -2.22. The molecule has 3 heteroatoms. The van der Waals surface area contributed by atoms with Crippen LogP contribution in [-0.2, 0) is 25.8 Å². The van der Waals surface area contributed by atoms with E-state index in [9.17, 15) is 4.79 Å². The number of hydrogen-bond acceptors (Lipinski definition) is 1. The third-order valence-corrected chi connectivity index (χ3v) is 6.09. The topological polar surface area (TPSA) is 34.0 Å². The van der Waals surface area contributed by atoms with E-state index in [0.717, 1.165) is 30.0 Å². The molecular formula is C26H30N2O. The van der Waals surface area contributed by atoms with Crippen LogP contribution >= 0.6 is 0 Å². The summed E-state index contributed by atoms with van der Waals surface area (Å²) in [5, 5.41) is 3.03. The lowest BCUT2D eigenvalue weighted by molar-refractivity contribution is 0.0951. The minimum atomic E-state index is -0.0313. The van der Waals surface area contributed by atoms with E-state index in [-0.39, 0.29) is 5.91 Å². The number of amides is 1. The Morgan fingerprint density at radius 2 is 1.76 bits per heavy atom. The molecule has 0 bridgehead atoms. The van der Waals surface area contributed by atoms with E-state index in [1.54, 1.807) is 0 Å². The normalized spacial score (nSPS) is 15.8. The molecule has 0 spiro atoms. The lowest BCUT2D eigenvalue weighted by Gasteiger charge is -2.21. The molecule has 3 aromatic rings. The second-order valence-electron chi connectivity index (χ2n) is 8.34. The Hall–Kier alpha value is -2.81. The van der Waals surface area contributed by atoms with E-state index in [0.29, 0.717) is 12.1 Å². The van der Waals surface area contributed by atoms with Crippen LogP contribution in [0, 0.1) is 12.8 Å². The lowest BCUT2D eigenvalue weighted by atomic mass is 9.89. The molecule has 29 heavy (non-hydrogen) atoms. The van der Waals surface area contributed by atoms with E-state index in [2.05, 4.69) is 73.1 Å². The van der Waals surface area contributed by atoms with Gasteiger partial charge in [0.2, 0.25) is 0 Å². The molecule has 1 aromatic heterocycles. The minimum Gasteiger partial charge on any atom is -0.348 e. The van der Waals surface area contributed by atoms with Crippen LogP contribution in [-0.4, -0.2) is 10.5 Å². The molecule has 0 saturated heterocycles. The molecule has 0 aliphatic heterocycles. The number of benzene rings is 2. The number of fused-ring (bicyclic) bond motifs is 1. The van der Waals surface area contributed by atoms with Crippen molar-refractivity contribution < 1.29 is 4.79 Å². The average molecular weight is 387 g/mol. The Kier molecular flexibility index (Phi) is 5.57. The van der Waals surface area contributed by atoms with Crippen LogP contribution in [0.1, 0.15) is 58.7 Å². The van der Waals surface area contributed by atoms with Crippen LogP contribution in [0.4, 0.5) is 0 Å². The fourth-order valence-electron chi connectivity index (χ4n) is 4.36.